The van der Waals surface area contributed by atoms with Crippen molar-refractivity contribution in [2.75, 3.05) is 5.32 Å². The van der Waals surface area contributed by atoms with E-state index >= 15 is 0 Å². The lowest BCUT2D eigenvalue weighted by molar-refractivity contribution is -0.138. The Kier molecular flexibility index (Phi) is 5.34. The zero-order valence-corrected chi connectivity index (χ0v) is 13.7. The first-order valence-corrected chi connectivity index (χ1v) is 7.24. The average molecular weight is 431 g/mol. The number of halogens is 7. The highest BCUT2D eigenvalue weighted by molar-refractivity contribution is 9.10. The van der Waals surface area contributed by atoms with Crippen molar-refractivity contribution in [2.45, 2.75) is 6.18 Å². The van der Waals surface area contributed by atoms with Gasteiger partial charge in [0, 0.05) is 4.47 Å². The highest BCUT2D eigenvalue weighted by Gasteiger charge is 2.33. The van der Waals surface area contributed by atoms with Crippen LogP contribution >= 0.6 is 27.5 Å². The summed E-state index contributed by atoms with van der Waals surface area (Å²) in [5.41, 5.74) is -1.54. The summed E-state index contributed by atoms with van der Waals surface area (Å²) in [4.78, 5) is 10.6. The summed E-state index contributed by atoms with van der Waals surface area (Å²) in [5, 5.41) is 2.08. The summed E-state index contributed by atoms with van der Waals surface area (Å²) in [6.45, 7) is 0. The molecule has 2 rings (SSSR count). The van der Waals surface area contributed by atoms with Crippen LogP contribution in [-0.4, -0.2) is 6.41 Å². The molecule has 0 saturated carbocycles. The standard InChI is InChI=1S/C14H6BrClF5NO2/c15-7-3-8(16)12(11(4-7)22-5-23)24-13-9(17)1-6(2-10(13)18)14(19,20)21/h1-5H,(H,22,23). The molecule has 0 saturated heterocycles. The van der Waals surface area contributed by atoms with Crippen molar-refractivity contribution in [1.29, 1.82) is 0 Å². The number of anilines is 1. The minimum atomic E-state index is -4.92. The number of nitrogens with one attached hydrogen (secondary N) is 1. The topological polar surface area (TPSA) is 38.3 Å². The third kappa shape index (κ3) is 3.96. The van der Waals surface area contributed by atoms with E-state index in [0.29, 0.717) is 4.47 Å². The zero-order valence-electron chi connectivity index (χ0n) is 11.3. The Morgan fingerprint density at radius 1 is 1.08 bits per heavy atom. The molecule has 0 radical (unpaired) electrons. The summed E-state index contributed by atoms with van der Waals surface area (Å²) in [6, 6.07) is 2.83. The summed E-state index contributed by atoms with van der Waals surface area (Å²) in [7, 11) is 0. The highest BCUT2D eigenvalue weighted by Crippen LogP contribution is 2.41. The van der Waals surface area contributed by atoms with Crippen molar-refractivity contribution in [1.82, 2.24) is 0 Å². The maximum atomic E-state index is 13.8. The lowest BCUT2D eigenvalue weighted by atomic mass is 10.2. The van der Waals surface area contributed by atoms with Crippen LogP contribution in [0.1, 0.15) is 5.56 Å². The molecule has 10 heteroatoms. The quantitative estimate of drug-likeness (QED) is 0.495. The van der Waals surface area contributed by atoms with Gasteiger partial charge < -0.3 is 10.1 Å². The molecule has 0 spiro atoms. The molecule has 0 aliphatic carbocycles. The molecular weight excluding hydrogens is 425 g/mol. The van der Waals surface area contributed by atoms with Gasteiger partial charge in [0.25, 0.3) is 0 Å². The molecule has 0 aliphatic rings. The number of rotatable bonds is 4. The number of carbonyl (C=O) groups is 1. The lowest BCUT2D eigenvalue weighted by Gasteiger charge is -2.15. The lowest BCUT2D eigenvalue weighted by Crippen LogP contribution is -2.07. The van der Waals surface area contributed by atoms with Gasteiger partial charge in [-0.1, -0.05) is 27.5 Å². The maximum absolute atomic E-state index is 13.8. The van der Waals surface area contributed by atoms with Gasteiger partial charge in [-0.3, -0.25) is 4.79 Å². The Bertz CT molecular complexity index is 774. The van der Waals surface area contributed by atoms with E-state index in [9.17, 15) is 26.7 Å². The zero-order chi connectivity index (χ0) is 18.1. The van der Waals surface area contributed by atoms with Gasteiger partial charge in [-0.05, 0) is 24.3 Å². The molecule has 0 aliphatic heterocycles. The largest absolute Gasteiger partial charge is 0.447 e. The van der Waals surface area contributed by atoms with Crippen molar-refractivity contribution in [2.24, 2.45) is 0 Å². The second kappa shape index (κ2) is 6.94. The van der Waals surface area contributed by atoms with Crippen LogP contribution in [0.15, 0.2) is 28.7 Å². The number of hydrogen-bond acceptors (Lipinski definition) is 2. The SMILES string of the molecule is O=CNc1cc(Br)cc(Cl)c1Oc1c(F)cc(C(F)(F)F)cc1F. The Balaban J connectivity index is 2.51. The van der Waals surface area contributed by atoms with E-state index < -0.39 is 29.1 Å². The van der Waals surface area contributed by atoms with Crippen molar-refractivity contribution >= 4 is 39.6 Å². The number of hydrogen-bond donors (Lipinski definition) is 1. The van der Waals surface area contributed by atoms with Gasteiger partial charge in [0.2, 0.25) is 6.41 Å². The Morgan fingerprint density at radius 3 is 2.17 bits per heavy atom. The number of amides is 1. The first-order valence-electron chi connectivity index (χ1n) is 6.06. The predicted octanol–water partition coefficient (Wildman–Crippen LogP) is 5.76. The van der Waals surface area contributed by atoms with Crippen LogP contribution in [0.5, 0.6) is 11.5 Å². The van der Waals surface area contributed by atoms with Crippen LogP contribution in [0.4, 0.5) is 27.6 Å². The van der Waals surface area contributed by atoms with Crippen molar-refractivity contribution < 1.29 is 31.5 Å². The fourth-order valence-corrected chi connectivity index (χ4v) is 2.61. The molecule has 3 nitrogen and oxygen atoms in total. The predicted molar refractivity (Wildman–Crippen MR) is 80.3 cm³/mol. The number of alkyl halides is 3. The van der Waals surface area contributed by atoms with E-state index in [-0.39, 0.29) is 35.0 Å². The van der Waals surface area contributed by atoms with Crippen LogP contribution < -0.4 is 10.1 Å². The summed E-state index contributed by atoms with van der Waals surface area (Å²) < 4.78 is 70.7. The molecule has 2 aromatic rings. The van der Waals surface area contributed by atoms with Crippen molar-refractivity contribution in [3.63, 3.8) is 0 Å². The second-order valence-electron chi connectivity index (χ2n) is 4.40. The van der Waals surface area contributed by atoms with E-state index in [2.05, 4.69) is 21.2 Å². The Hall–Kier alpha value is -1.87. The molecule has 1 N–H and O–H groups in total. The fraction of sp³-hybridized carbons (Fsp3) is 0.0714. The van der Waals surface area contributed by atoms with Gasteiger partial charge in [-0.2, -0.15) is 13.2 Å². The minimum absolute atomic E-state index is 0.0388. The van der Waals surface area contributed by atoms with Gasteiger partial charge in [0.1, 0.15) is 0 Å². The van der Waals surface area contributed by atoms with E-state index in [1.54, 1.807) is 0 Å². The third-order valence-corrected chi connectivity index (χ3v) is 3.49. The number of ether oxygens (including phenoxy) is 1. The smallest absolute Gasteiger partial charge is 0.416 e. The molecule has 2 aromatic carbocycles. The molecule has 0 heterocycles. The average Bonchev–Trinajstić information content (AvgIpc) is 2.44. The van der Waals surface area contributed by atoms with E-state index in [0.717, 1.165) is 0 Å². The molecule has 0 unspecified atom stereocenters. The third-order valence-electron chi connectivity index (χ3n) is 2.75. The van der Waals surface area contributed by atoms with Crippen molar-refractivity contribution in [3.8, 4) is 11.5 Å². The molecule has 0 fully saturated rings. The normalized spacial score (nSPS) is 11.3. The highest BCUT2D eigenvalue weighted by atomic mass is 79.9. The van der Waals surface area contributed by atoms with Crippen LogP contribution in [0.3, 0.4) is 0 Å². The summed E-state index contributed by atoms with van der Waals surface area (Å²) in [6.07, 6.45) is -4.65. The van der Waals surface area contributed by atoms with Crippen LogP contribution in [-0.2, 0) is 11.0 Å². The molecule has 128 valence electrons. The van der Waals surface area contributed by atoms with Gasteiger partial charge in [0.15, 0.2) is 23.1 Å². The van der Waals surface area contributed by atoms with Crippen LogP contribution in [0.2, 0.25) is 5.02 Å². The van der Waals surface area contributed by atoms with E-state index in [1.165, 1.54) is 12.1 Å². The van der Waals surface area contributed by atoms with E-state index in [4.69, 9.17) is 16.3 Å². The van der Waals surface area contributed by atoms with Crippen LogP contribution in [0, 0.1) is 11.6 Å². The van der Waals surface area contributed by atoms with Gasteiger partial charge in [-0.25, -0.2) is 8.78 Å². The molecule has 1 amide bonds. The number of carbonyl (C=O) groups excluding carboxylic acids is 1. The summed E-state index contributed by atoms with van der Waals surface area (Å²) >= 11 is 8.99. The molecular formula is C14H6BrClF5NO2. The Morgan fingerprint density at radius 2 is 1.67 bits per heavy atom. The maximum Gasteiger partial charge on any atom is 0.416 e. The summed E-state index contributed by atoms with van der Waals surface area (Å²) in [5.74, 6) is -4.55. The molecule has 24 heavy (non-hydrogen) atoms. The number of benzene rings is 2. The first-order chi connectivity index (χ1) is 11.1. The molecule has 0 aromatic heterocycles. The van der Waals surface area contributed by atoms with Crippen LogP contribution in [0.25, 0.3) is 0 Å². The molecule has 0 bridgehead atoms. The van der Waals surface area contributed by atoms with Gasteiger partial charge >= 0.3 is 6.18 Å². The molecule has 0 atom stereocenters. The second-order valence-corrected chi connectivity index (χ2v) is 5.72. The first kappa shape index (κ1) is 18.5. The van der Waals surface area contributed by atoms with Crippen molar-refractivity contribution in [3.05, 3.63) is 51.0 Å². The minimum Gasteiger partial charge on any atom is -0.447 e. The Labute approximate surface area is 145 Å². The van der Waals surface area contributed by atoms with Gasteiger partial charge in [0.05, 0.1) is 16.3 Å². The fourth-order valence-electron chi connectivity index (χ4n) is 1.76. The monoisotopic (exact) mass is 429 g/mol. The van der Waals surface area contributed by atoms with Gasteiger partial charge in [-0.15, -0.1) is 0 Å². The van der Waals surface area contributed by atoms with E-state index in [1.807, 2.05) is 0 Å².